The van der Waals surface area contributed by atoms with E-state index in [2.05, 4.69) is 27.8 Å². The molecule has 1 rings (SSSR count). The van der Waals surface area contributed by atoms with Crippen LogP contribution >= 0.6 is 22.9 Å². The van der Waals surface area contributed by atoms with E-state index in [0.29, 0.717) is 0 Å². The molecule has 1 aliphatic heterocycles. The zero-order valence-corrected chi connectivity index (χ0v) is 9.25. The van der Waals surface area contributed by atoms with Gasteiger partial charge in [0.1, 0.15) is 0 Å². The van der Waals surface area contributed by atoms with Gasteiger partial charge >= 0.3 is 0 Å². The van der Waals surface area contributed by atoms with Gasteiger partial charge in [-0.2, -0.15) is 0 Å². The molecule has 3 nitrogen and oxygen atoms in total. The van der Waals surface area contributed by atoms with Crippen molar-refractivity contribution in [3.8, 4) is 0 Å². The summed E-state index contributed by atoms with van der Waals surface area (Å²) in [4.78, 5) is 13.6. The molecule has 1 heterocycles. The summed E-state index contributed by atoms with van der Waals surface area (Å²) in [5.41, 5.74) is -0.320. The molecular formula is C7H13IN2O. The predicted molar refractivity (Wildman–Crippen MR) is 52.4 cm³/mol. The molecular weight excluding hydrogens is 255 g/mol. The fraction of sp³-hybridized carbons (Fsp3) is 0.857. The Morgan fingerprint density at radius 1 is 1.45 bits per heavy atom. The summed E-state index contributed by atoms with van der Waals surface area (Å²) in [7, 11) is 1.99. The Morgan fingerprint density at radius 3 is 2.45 bits per heavy atom. The van der Waals surface area contributed by atoms with E-state index in [1.165, 1.54) is 0 Å². The van der Waals surface area contributed by atoms with E-state index in [4.69, 9.17) is 0 Å². The smallest absolute Gasteiger partial charge is 0.251 e. The molecule has 64 valence electrons. The van der Waals surface area contributed by atoms with Gasteiger partial charge in [-0.15, -0.1) is 0 Å². The van der Waals surface area contributed by atoms with Crippen LogP contribution < -0.4 is 0 Å². The van der Waals surface area contributed by atoms with Crippen LogP contribution in [0.5, 0.6) is 0 Å². The fourth-order valence-electron chi connectivity index (χ4n) is 1.08. The summed E-state index contributed by atoms with van der Waals surface area (Å²) >= 11 is 2.08. The van der Waals surface area contributed by atoms with Crippen molar-refractivity contribution < 1.29 is 4.79 Å². The van der Waals surface area contributed by atoms with Gasteiger partial charge in [0.15, 0.2) is 0 Å². The van der Waals surface area contributed by atoms with Gasteiger partial charge in [0.25, 0.3) is 5.91 Å². The third kappa shape index (κ3) is 1.51. The zero-order valence-electron chi connectivity index (χ0n) is 7.09. The second-order valence-electron chi connectivity index (χ2n) is 3.37. The van der Waals surface area contributed by atoms with E-state index in [9.17, 15) is 4.79 Å². The van der Waals surface area contributed by atoms with Gasteiger partial charge in [0.05, 0.1) is 28.4 Å². The highest BCUT2D eigenvalue weighted by Gasteiger charge is 2.38. The zero-order chi connectivity index (χ0) is 8.65. The third-order valence-electron chi connectivity index (χ3n) is 2.33. The standard InChI is InChI=1S/C7H13IN2O/c1-7(2)6(11)10(8)5-4-9(7)3/h4-5H2,1-3H3. The number of nitrogens with zero attached hydrogens (tertiary/aromatic N) is 2. The number of halogens is 1. The van der Waals surface area contributed by atoms with E-state index in [-0.39, 0.29) is 11.4 Å². The van der Waals surface area contributed by atoms with Crippen molar-refractivity contribution in [3.05, 3.63) is 0 Å². The minimum Gasteiger partial charge on any atom is -0.291 e. The summed E-state index contributed by atoms with van der Waals surface area (Å²) in [5.74, 6) is 0.201. The summed E-state index contributed by atoms with van der Waals surface area (Å²) in [6.45, 7) is 5.71. The maximum atomic E-state index is 11.5. The normalized spacial score (nSPS) is 25.8. The molecule has 0 N–H and O–H groups in total. The van der Waals surface area contributed by atoms with Gasteiger partial charge in [-0.3, -0.25) is 12.8 Å². The van der Waals surface area contributed by atoms with Crippen molar-refractivity contribution in [2.75, 3.05) is 20.1 Å². The first-order chi connectivity index (χ1) is 4.96. The van der Waals surface area contributed by atoms with Crippen molar-refractivity contribution in [2.24, 2.45) is 0 Å². The number of likely N-dealkylation sites (N-methyl/N-ethyl adjacent to an activating group) is 1. The van der Waals surface area contributed by atoms with Crippen LogP contribution in [0.25, 0.3) is 0 Å². The molecule has 0 aromatic carbocycles. The van der Waals surface area contributed by atoms with E-state index in [0.717, 1.165) is 13.1 Å². The molecule has 0 radical (unpaired) electrons. The van der Waals surface area contributed by atoms with Crippen molar-refractivity contribution >= 4 is 28.8 Å². The highest BCUT2D eigenvalue weighted by Crippen LogP contribution is 2.22. The highest BCUT2D eigenvalue weighted by atomic mass is 127. The molecule has 0 aromatic heterocycles. The molecule has 1 fully saturated rings. The van der Waals surface area contributed by atoms with Gasteiger partial charge in [-0.25, -0.2) is 0 Å². The van der Waals surface area contributed by atoms with Gasteiger partial charge in [0.2, 0.25) is 0 Å². The Balaban J connectivity index is 2.81. The molecule has 0 spiro atoms. The van der Waals surface area contributed by atoms with Gasteiger partial charge < -0.3 is 0 Å². The monoisotopic (exact) mass is 268 g/mol. The lowest BCUT2D eigenvalue weighted by Crippen LogP contribution is -2.58. The molecule has 0 aliphatic carbocycles. The fourth-order valence-corrected chi connectivity index (χ4v) is 1.89. The summed E-state index contributed by atoms with van der Waals surface area (Å²) < 4.78 is 1.76. The molecule has 0 aromatic rings. The summed E-state index contributed by atoms with van der Waals surface area (Å²) in [5, 5.41) is 0. The van der Waals surface area contributed by atoms with Crippen LogP contribution in [0.3, 0.4) is 0 Å². The quantitative estimate of drug-likeness (QED) is 0.481. The van der Waals surface area contributed by atoms with Gasteiger partial charge in [0, 0.05) is 13.1 Å². The number of rotatable bonds is 0. The number of hydrogen-bond acceptors (Lipinski definition) is 2. The predicted octanol–water partition coefficient (Wildman–Crippen LogP) is 0.889. The molecule has 0 bridgehead atoms. The first-order valence-electron chi connectivity index (χ1n) is 3.65. The van der Waals surface area contributed by atoms with Crippen LogP contribution in [0.4, 0.5) is 0 Å². The average molecular weight is 268 g/mol. The lowest BCUT2D eigenvalue weighted by atomic mass is 10.0. The Morgan fingerprint density at radius 2 is 2.00 bits per heavy atom. The summed E-state index contributed by atoms with van der Waals surface area (Å²) in [6.07, 6.45) is 0. The Bertz CT molecular complexity index is 181. The Labute approximate surface area is 81.2 Å². The highest BCUT2D eigenvalue weighted by molar-refractivity contribution is 14.1. The van der Waals surface area contributed by atoms with Crippen molar-refractivity contribution in [1.82, 2.24) is 8.01 Å². The number of carbonyl (C=O) groups excluding carboxylic acids is 1. The van der Waals surface area contributed by atoms with Crippen LogP contribution in [0, 0.1) is 0 Å². The maximum absolute atomic E-state index is 11.5. The van der Waals surface area contributed by atoms with E-state index < -0.39 is 0 Å². The summed E-state index contributed by atoms with van der Waals surface area (Å²) in [6, 6.07) is 0. The SMILES string of the molecule is CN1CCN(I)C(=O)C1(C)C. The molecule has 0 saturated carbocycles. The number of amides is 1. The van der Waals surface area contributed by atoms with E-state index >= 15 is 0 Å². The number of carbonyl (C=O) groups is 1. The van der Waals surface area contributed by atoms with Crippen LogP contribution in [0.2, 0.25) is 0 Å². The van der Waals surface area contributed by atoms with Crippen LogP contribution in [-0.2, 0) is 4.79 Å². The van der Waals surface area contributed by atoms with Crippen molar-refractivity contribution in [3.63, 3.8) is 0 Å². The molecule has 0 atom stereocenters. The first-order valence-corrected chi connectivity index (χ1v) is 4.61. The van der Waals surface area contributed by atoms with E-state index in [1.54, 1.807) is 3.11 Å². The number of piperazine rings is 1. The molecule has 1 amide bonds. The lowest BCUT2D eigenvalue weighted by Gasteiger charge is -2.41. The van der Waals surface area contributed by atoms with Crippen LogP contribution in [0.1, 0.15) is 13.8 Å². The third-order valence-corrected chi connectivity index (χ3v) is 3.25. The minimum atomic E-state index is -0.320. The second kappa shape index (κ2) is 2.90. The first kappa shape index (κ1) is 9.25. The van der Waals surface area contributed by atoms with Crippen LogP contribution in [-0.4, -0.2) is 39.6 Å². The maximum Gasteiger partial charge on any atom is 0.251 e. The largest absolute Gasteiger partial charge is 0.291 e. The molecule has 1 aliphatic rings. The van der Waals surface area contributed by atoms with Gasteiger partial charge in [-0.05, 0) is 20.9 Å². The molecule has 0 unspecified atom stereocenters. The minimum absolute atomic E-state index is 0.201. The average Bonchev–Trinajstić information content (AvgIpc) is 1.95. The molecule has 11 heavy (non-hydrogen) atoms. The Hall–Kier alpha value is 0.160. The molecule has 1 saturated heterocycles. The van der Waals surface area contributed by atoms with Crippen LogP contribution in [0.15, 0.2) is 0 Å². The number of hydrogen-bond donors (Lipinski definition) is 0. The topological polar surface area (TPSA) is 23.6 Å². The van der Waals surface area contributed by atoms with Gasteiger partial charge in [-0.1, -0.05) is 0 Å². The van der Waals surface area contributed by atoms with Crippen molar-refractivity contribution in [1.29, 1.82) is 0 Å². The molecule has 4 heteroatoms. The second-order valence-corrected chi connectivity index (χ2v) is 4.54. The van der Waals surface area contributed by atoms with Crippen molar-refractivity contribution in [2.45, 2.75) is 19.4 Å². The Kier molecular flexibility index (Phi) is 2.43. The van der Waals surface area contributed by atoms with E-state index in [1.807, 2.05) is 20.9 Å². The lowest BCUT2D eigenvalue weighted by molar-refractivity contribution is -0.139.